The molecule has 0 aromatic heterocycles. The average Bonchev–Trinajstić information content (AvgIpc) is 2.71. The van der Waals surface area contributed by atoms with Crippen LogP contribution in [0.1, 0.15) is 24.5 Å². The first kappa shape index (κ1) is 20.2. The van der Waals surface area contributed by atoms with Gasteiger partial charge >= 0.3 is 0 Å². The Labute approximate surface area is 165 Å². The minimum atomic E-state index is -3.69. The van der Waals surface area contributed by atoms with E-state index in [-0.39, 0.29) is 17.3 Å². The number of carbonyl (C=O) groups is 1. The van der Waals surface area contributed by atoms with Crippen LogP contribution in [0.3, 0.4) is 0 Å². The number of hydrogen-bond donors (Lipinski definition) is 1. The minimum Gasteiger partial charge on any atom is -0.493 e. The number of aryl methyl sites for hydroxylation is 1. The van der Waals surface area contributed by atoms with Crippen molar-refractivity contribution in [3.05, 3.63) is 47.5 Å². The lowest BCUT2D eigenvalue weighted by Crippen LogP contribution is -2.33. The summed E-state index contributed by atoms with van der Waals surface area (Å²) in [6.07, 6.45) is 1.56. The van der Waals surface area contributed by atoms with Gasteiger partial charge in [-0.1, -0.05) is 6.07 Å². The van der Waals surface area contributed by atoms with Crippen LogP contribution in [0, 0.1) is 0 Å². The summed E-state index contributed by atoms with van der Waals surface area (Å²) < 4.78 is 38.5. The molecule has 1 aliphatic heterocycles. The SMILES string of the molecule is COc1ccc(CNS(=O)(=O)c2ccc3c(c2)CCCN3C(C)=O)cc1OC. The molecule has 8 heteroatoms. The molecule has 0 saturated heterocycles. The molecule has 0 unspecified atom stereocenters. The molecule has 28 heavy (non-hydrogen) atoms. The molecule has 3 rings (SSSR count). The third kappa shape index (κ3) is 4.13. The molecule has 0 bridgehead atoms. The van der Waals surface area contributed by atoms with Crippen molar-refractivity contribution in [1.29, 1.82) is 0 Å². The van der Waals surface area contributed by atoms with Crippen LogP contribution in [0.4, 0.5) is 5.69 Å². The molecule has 2 aromatic carbocycles. The maximum atomic E-state index is 12.7. The number of anilines is 1. The van der Waals surface area contributed by atoms with Crippen LogP contribution < -0.4 is 19.1 Å². The molecular weight excluding hydrogens is 380 g/mol. The topological polar surface area (TPSA) is 84.9 Å². The maximum absolute atomic E-state index is 12.7. The molecule has 150 valence electrons. The summed E-state index contributed by atoms with van der Waals surface area (Å²) in [4.78, 5) is 13.7. The van der Waals surface area contributed by atoms with Gasteiger partial charge in [-0.3, -0.25) is 4.79 Å². The van der Waals surface area contributed by atoms with Gasteiger partial charge in [-0.05, 0) is 54.3 Å². The Morgan fingerprint density at radius 3 is 2.54 bits per heavy atom. The van der Waals surface area contributed by atoms with E-state index in [1.807, 2.05) is 0 Å². The van der Waals surface area contributed by atoms with E-state index in [1.54, 1.807) is 42.3 Å². The second-order valence-corrected chi connectivity index (χ2v) is 8.35. The van der Waals surface area contributed by atoms with E-state index >= 15 is 0 Å². The summed E-state index contributed by atoms with van der Waals surface area (Å²) >= 11 is 0. The van der Waals surface area contributed by atoms with Gasteiger partial charge in [0.25, 0.3) is 0 Å². The van der Waals surface area contributed by atoms with Crippen LogP contribution >= 0.6 is 0 Å². The number of sulfonamides is 1. The van der Waals surface area contributed by atoms with Crippen LogP contribution in [0.15, 0.2) is 41.3 Å². The standard InChI is InChI=1S/C20H24N2O5S/c1-14(23)22-10-4-5-16-12-17(7-8-18(16)22)28(24,25)21-13-15-6-9-19(26-2)20(11-15)27-3/h6-9,11-12,21H,4-5,10,13H2,1-3H3. The molecule has 0 atom stereocenters. The first-order chi connectivity index (χ1) is 13.4. The highest BCUT2D eigenvalue weighted by Gasteiger charge is 2.23. The zero-order valence-electron chi connectivity index (χ0n) is 16.2. The van der Waals surface area contributed by atoms with E-state index in [4.69, 9.17) is 9.47 Å². The number of methoxy groups -OCH3 is 2. The Morgan fingerprint density at radius 2 is 1.86 bits per heavy atom. The third-order valence-corrected chi connectivity index (χ3v) is 6.17. The van der Waals surface area contributed by atoms with Crippen molar-refractivity contribution >= 4 is 21.6 Å². The Balaban J connectivity index is 1.79. The number of hydrogen-bond acceptors (Lipinski definition) is 5. The summed E-state index contributed by atoms with van der Waals surface area (Å²) in [5.74, 6) is 1.08. The second kappa shape index (κ2) is 8.20. The Kier molecular flexibility index (Phi) is 5.90. The summed E-state index contributed by atoms with van der Waals surface area (Å²) in [6, 6.07) is 10.2. The molecule has 1 heterocycles. The lowest BCUT2D eigenvalue weighted by atomic mass is 10.0. The van der Waals surface area contributed by atoms with E-state index in [0.717, 1.165) is 29.7 Å². The van der Waals surface area contributed by atoms with Gasteiger partial charge < -0.3 is 14.4 Å². The van der Waals surface area contributed by atoms with E-state index < -0.39 is 10.0 Å². The fourth-order valence-corrected chi connectivity index (χ4v) is 4.39. The molecule has 1 N–H and O–H groups in total. The normalized spacial score (nSPS) is 13.8. The predicted molar refractivity (Wildman–Crippen MR) is 106 cm³/mol. The Bertz CT molecular complexity index is 988. The molecule has 0 spiro atoms. The van der Waals surface area contributed by atoms with E-state index in [0.29, 0.717) is 18.0 Å². The van der Waals surface area contributed by atoms with Crippen LogP contribution in [0.25, 0.3) is 0 Å². The van der Waals surface area contributed by atoms with Crippen molar-refractivity contribution in [2.45, 2.75) is 31.2 Å². The molecule has 0 radical (unpaired) electrons. The first-order valence-electron chi connectivity index (χ1n) is 8.97. The number of nitrogens with zero attached hydrogens (tertiary/aromatic N) is 1. The van der Waals surface area contributed by atoms with Crippen molar-refractivity contribution in [3.63, 3.8) is 0 Å². The Hall–Kier alpha value is -2.58. The van der Waals surface area contributed by atoms with E-state index in [2.05, 4.69) is 4.72 Å². The fourth-order valence-electron chi connectivity index (χ4n) is 3.32. The van der Waals surface area contributed by atoms with Gasteiger partial charge in [0.2, 0.25) is 15.9 Å². The van der Waals surface area contributed by atoms with Crippen LogP contribution in [-0.2, 0) is 27.8 Å². The van der Waals surface area contributed by atoms with Gasteiger partial charge in [0.05, 0.1) is 19.1 Å². The number of amides is 1. The number of fused-ring (bicyclic) bond motifs is 1. The van der Waals surface area contributed by atoms with Crippen molar-refractivity contribution < 1.29 is 22.7 Å². The average molecular weight is 404 g/mol. The fraction of sp³-hybridized carbons (Fsp3) is 0.350. The van der Waals surface area contributed by atoms with Gasteiger partial charge in [0.1, 0.15) is 0 Å². The van der Waals surface area contributed by atoms with Gasteiger partial charge in [-0.25, -0.2) is 13.1 Å². The van der Waals surface area contributed by atoms with Gasteiger partial charge in [-0.15, -0.1) is 0 Å². The van der Waals surface area contributed by atoms with Crippen molar-refractivity contribution in [2.24, 2.45) is 0 Å². The zero-order valence-corrected chi connectivity index (χ0v) is 17.0. The minimum absolute atomic E-state index is 0.0388. The second-order valence-electron chi connectivity index (χ2n) is 6.58. The van der Waals surface area contributed by atoms with E-state index in [9.17, 15) is 13.2 Å². The molecule has 1 aliphatic rings. The van der Waals surface area contributed by atoms with Gasteiger partial charge in [0.15, 0.2) is 11.5 Å². The molecular formula is C20H24N2O5S. The number of rotatable bonds is 6. The molecule has 0 saturated carbocycles. The summed E-state index contributed by atoms with van der Waals surface area (Å²) in [7, 11) is -0.614. The first-order valence-corrected chi connectivity index (χ1v) is 10.5. The quantitative estimate of drug-likeness (QED) is 0.800. The highest BCUT2D eigenvalue weighted by Crippen LogP contribution is 2.30. The van der Waals surface area contributed by atoms with Gasteiger partial charge in [-0.2, -0.15) is 0 Å². The zero-order chi connectivity index (χ0) is 20.3. The largest absolute Gasteiger partial charge is 0.493 e. The highest BCUT2D eigenvalue weighted by molar-refractivity contribution is 7.89. The van der Waals surface area contributed by atoms with Crippen LogP contribution in [0.2, 0.25) is 0 Å². The highest BCUT2D eigenvalue weighted by atomic mass is 32.2. The summed E-state index contributed by atoms with van der Waals surface area (Å²) in [6.45, 7) is 2.30. The smallest absolute Gasteiger partial charge is 0.240 e. The lowest BCUT2D eigenvalue weighted by molar-refractivity contribution is -0.116. The molecule has 1 amide bonds. The number of ether oxygens (including phenoxy) is 2. The number of benzene rings is 2. The van der Waals surface area contributed by atoms with Crippen molar-refractivity contribution in [3.8, 4) is 11.5 Å². The molecule has 0 aliphatic carbocycles. The molecule has 7 nitrogen and oxygen atoms in total. The number of carbonyl (C=O) groups excluding carboxylic acids is 1. The lowest BCUT2D eigenvalue weighted by Gasteiger charge is -2.28. The summed E-state index contributed by atoms with van der Waals surface area (Å²) in [5, 5.41) is 0. The summed E-state index contributed by atoms with van der Waals surface area (Å²) in [5.41, 5.74) is 2.41. The van der Waals surface area contributed by atoms with Crippen molar-refractivity contribution in [1.82, 2.24) is 4.72 Å². The third-order valence-electron chi connectivity index (χ3n) is 4.77. The Morgan fingerprint density at radius 1 is 1.11 bits per heavy atom. The maximum Gasteiger partial charge on any atom is 0.240 e. The molecule has 0 fully saturated rings. The monoisotopic (exact) mass is 404 g/mol. The van der Waals surface area contributed by atoms with Crippen LogP contribution in [0.5, 0.6) is 11.5 Å². The van der Waals surface area contributed by atoms with E-state index in [1.165, 1.54) is 20.1 Å². The number of nitrogens with one attached hydrogen (secondary N) is 1. The van der Waals surface area contributed by atoms with Gasteiger partial charge in [0, 0.05) is 25.7 Å². The molecule has 2 aromatic rings. The predicted octanol–water partition coefficient (Wildman–Crippen LogP) is 2.48. The van der Waals surface area contributed by atoms with Crippen molar-refractivity contribution in [2.75, 3.05) is 25.7 Å². The van der Waals surface area contributed by atoms with Crippen LogP contribution in [-0.4, -0.2) is 35.1 Å².